The minimum absolute atomic E-state index is 0.0400. The average molecular weight is 216 g/mol. The van der Waals surface area contributed by atoms with Crippen LogP contribution < -0.4 is 5.56 Å². The van der Waals surface area contributed by atoms with E-state index in [1.165, 1.54) is 11.5 Å². The second-order valence-electron chi connectivity index (χ2n) is 3.47. The van der Waals surface area contributed by atoms with Gasteiger partial charge in [0, 0.05) is 10.8 Å². The molecule has 3 nitrogen and oxygen atoms in total. The lowest BCUT2D eigenvalue weighted by molar-refractivity contribution is 1.35. The fraction of sp³-hybridized carbons (Fsp3) is 0.0909. The molecule has 0 saturated carbocycles. The van der Waals surface area contributed by atoms with E-state index in [4.69, 9.17) is 0 Å². The van der Waals surface area contributed by atoms with Gasteiger partial charge in [0.05, 0.1) is 5.69 Å². The summed E-state index contributed by atoms with van der Waals surface area (Å²) in [6.07, 6.45) is 0. The standard InChI is InChI=1S/C11H8N2OS/c1-6-9-7-4-2-3-5-8(7)10(14)12-11(9)15-13-6/h2-5H,1H3,(H,12,14). The molecule has 0 amide bonds. The van der Waals surface area contributed by atoms with E-state index in [9.17, 15) is 4.79 Å². The van der Waals surface area contributed by atoms with E-state index >= 15 is 0 Å². The molecular formula is C11H8N2OS. The Morgan fingerprint density at radius 1 is 1.27 bits per heavy atom. The van der Waals surface area contributed by atoms with E-state index in [-0.39, 0.29) is 5.56 Å². The zero-order chi connectivity index (χ0) is 10.4. The van der Waals surface area contributed by atoms with Crippen molar-refractivity contribution in [2.24, 2.45) is 0 Å². The van der Waals surface area contributed by atoms with Gasteiger partial charge in [0.1, 0.15) is 4.83 Å². The molecule has 15 heavy (non-hydrogen) atoms. The highest BCUT2D eigenvalue weighted by molar-refractivity contribution is 7.13. The quantitative estimate of drug-likeness (QED) is 0.627. The van der Waals surface area contributed by atoms with Crippen LogP contribution >= 0.6 is 11.5 Å². The summed E-state index contributed by atoms with van der Waals surface area (Å²) in [6.45, 7) is 1.96. The maximum atomic E-state index is 11.7. The molecule has 1 N–H and O–H groups in total. The predicted octanol–water partition coefficient (Wildman–Crippen LogP) is 2.45. The maximum absolute atomic E-state index is 11.7. The van der Waals surface area contributed by atoms with Gasteiger partial charge in [-0.05, 0) is 29.9 Å². The van der Waals surface area contributed by atoms with Crippen molar-refractivity contribution in [3.63, 3.8) is 0 Å². The van der Waals surface area contributed by atoms with Crippen LogP contribution in [0.5, 0.6) is 0 Å². The van der Waals surface area contributed by atoms with Gasteiger partial charge in [-0.1, -0.05) is 18.2 Å². The maximum Gasteiger partial charge on any atom is 0.256 e. The summed E-state index contributed by atoms with van der Waals surface area (Å²) in [4.78, 5) is 15.4. The highest BCUT2D eigenvalue weighted by Gasteiger charge is 2.08. The molecule has 0 atom stereocenters. The van der Waals surface area contributed by atoms with Crippen LogP contribution in [-0.4, -0.2) is 9.36 Å². The molecule has 0 aliphatic heterocycles. The molecule has 0 radical (unpaired) electrons. The summed E-state index contributed by atoms with van der Waals surface area (Å²) in [5.74, 6) is 0. The molecule has 0 spiro atoms. The van der Waals surface area contributed by atoms with Gasteiger partial charge in [0.25, 0.3) is 5.56 Å². The van der Waals surface area contributed by atoms with Crippen LogP contribution in [0.15, 0.2) is 29.1 Å². The molecule has 0 aliphatic carbocycles. The molecule has 74 valence electrons. The lowest BCUT2D eigenvalue weighted by Gasteiger charge is -1.98. The third-order valence-corrected chi connectivity index (χ3v) is 3.38. The monoisotopic (exact) mass is 216 g/mol. The van der Waals surface area contributed by atoms with Gasteiger partial charge in [-0.15, -0.1) is 0 Å². The summed E-state index contributed by atoms with van der Waals surface area (Å²) in [5, 5.41) is 2.78. The van der Waals surface area contributed by atoms with Crippen LogP contribution in [0.3, 0.4) is 0 Å². The smallest absolute Gasteiger partial charge is 0.256 e. The number of hydrogen-bond donors (Lipinski definition) is 1. The first-order valence-electron chi connectivity index (χ1n) is 4.64. The molecule has 3 rings (SSSR count). The fourth-order valence-corrected chi connectivity index (χ4v) is 2.65. The van der Waals surface area contributed by atoms with Gasteiger partial charge in [-0.3, -0.25) is 4.79 Å². The van der Waals surface area contributed by atoms with E-state index in [0.717, 1.165) is 26.7 Å². The summed E-state index contributed by atoms with van der Waals surface area (Å²) in [7, 11) is 0. The van der Waals surface area contributed by atoms with Crippen LogP contribution in [0.25, 0.3) is 21.0 Å². The minimum Gasteiger partial charge on any atom is -0.312 e. The highest BCUT2D eigenvalue weighted by atomic mass is 32.1. The van der Waals surface area contributed by atoms with Crippen molar-refractivity contribution in [1.82, 2.24) is 9.36 Å². The van der Waals surface area contributed by atoms with Crippen LogP contribution in [0, 0.1) is 6.92 Å². The van der Waals surface area contributed by atoms with Crippen molar-refractivity contribution in [1.29, 1.82) is 0 Å². The lowest BCUT2D eigenvalue weighted by atomic mass is 10.1. The van der Waals surface area contributed by atoms with Gasteiger partial charge in [0.2, 0.25) is 0 Å². The number of rotatable bonds is 0. The predicted molar refractivity (Wildman–Crippen MR) is 62.5 cm³/mol. The summed E-state index contributed by atoms with van der Waals surface area (Å²) >= 11 is 1.34. The number of nitrogens with one attached hydrogen (secondary N) is 1. The molecule has 0 aliphatic rings. The molecule has 4 heteroatoms. The van der Waals surface area contributed by atoms with Crippen molar-refractivity contribution < 1.29 is 0 Å². The largest absolute Gasteiger partial charge is 0.312 e. The van der Waals surface area contributed by atoms with E-state index in [2.05, 4.69) is 9.36 Å². The first-order chi connectivity index (χ1) is 7.27. The van der Waals surface area contributed by atoms with Gasteiger partial charge in [0.15, 0.2) is 0 Å². The summed E-state index contributed by atoms with van der Waals surface area (Å²) in [6, 6.07) is 7.62. The van der Waals surface area contributed by atoms with Crippen LogP contribution in [0.2, 0.25) is 0 Å². The molecular weight excluding hydrogens is 208 g/mol. The average Bonchev–Trinajstić information content (AvgIpc) is 2.61. The van der Waals surface area contributed by atoms with Gasteiger partial charge in [-0.25, -0.2) is 0 Å². The third kappa shape index (κ3) is 1.11. The van der Waals surface area contributed by atoms with Crippen molar-refractivity contribution in [3.05, 3.63) is 40.3 Å². The first kappa shape index (κ1) is 8.61. The lowest BCUT2D eigenvalue weighted by Crippen LogP contribution is -2.04. The molecule has 0 fully saturated rings. The molecule has 0 bridgehead atoms. The number of aryl methyl sites for hydroxylation is 1. The number of H-pyrrole nitrogens is 1. The Morgan fingerprint density at radius 3 is 2.80 bits per heavy atom. The van der Waals surface area contributed by atoms with Gasteiger partial charge < -0.3 is 4.98 Å². The van der Waals surface area contributed by atoms with Crippen LogP contribution in [-0.2, 0) is 0 Å². The second-order valence-corrected chi connectivity index (χ2v) is 4.25. The Kier molecular flexibility index (Phi) is 1.67. The number of aromatic amines is 1. The number of hydrogen-bond acceptors (Lipinski definition) is 3. The van der Waals surface area contributed by atoms with E-state index in [0.29, 0.717) is 0 Å². The van der Waals surface area contributed by atoms with Crippen molar-refractivity contribution in [3.8, 4) is 0 Å². The number of benzene rings is 1. The molecule has 1 aromatic carbocycles. The van der Waals surface area contributed by atoms with Gasteiger partial charge in [-0.2, -0.15) is 4.37 Å². The second kappa shape index (κ2) is 2.90. The van der Waals surface area contributed by atoms with Crippen molar-refractivity contribution >= 4 is 32.5 Å². The van der Waals surface area contributed by atoms with E-state index in [1.807, 2.05) is 31.2 Å². The highest BCUT2D eigenvalue weighted by Crippen LogP contribution is 2.26. The van der Waals surface area contributed by atoms with E-state index < -0.39 is 0 Å². The van der Waals surface area contributed by atoms with Crippen LogP contribution in [0.1, 0.15) is 5.69 Å². The number of nitrogens with zero attached hydrogens (tertiary/aromatic N) is 1. The number of pyridine rings is 1. The summed E-state index contributed by atoms with van der Waals surface area (Å²) < 4.78 is 4.26. The third-order valence-electron chi connectivity index (χ3n) is 2.53. The Labute approximate surface area is 89.5 Å². The molecule has 0 saturated heterocycles. The Morgan fingerprint density at radius 2 is 2.00 bits per heavy atom. The van der Waals surface area contributed by atoms with Crippen molar-refractivity contribution in [2.75, 3.05) is 0 Å². The molecule has 2 heterocycles. The van der Waals surface area contributed by atoms with E-state index in [1.54, 1.807) is 0 Å². The molecule has 0 unspecified atom stereocenters. The first-order valence-corrected chi connectivity index (χ1v) is 5.42. The Bertz CT molecular complexity index is 711. The number of fused-ring (bicyclic) bond motifs is 3. The van der Waals surface area contributed by atoms with Crippen LogP contribution in [0.4, 0.5) is 0 Å². The number of aromatic nitrogens is 2. The zero-order valence-electron chi connectivity index (χ0n) is 8.07. The zero-order valence-corrected chi connectivity index (χ0v) is 8.89. The topological polar surface area (TPSA) is 45.8 Å². The Balaban J connectivity index is 2.74. The normalized spacial score (nSPS) is 11.3. The van der Waals surface area contributed by atoms with Crippen molar-refractivity contribution in [2.45, 2.75) is 6.92 Å². The molecule has 3 aromatic rings. The minimum atomic E-state index is -0.0400. The molecule has 2 aromatic heterocycles. The Hall–Kier alpha value is -1.68. The fourth-order valence-electron chi connectivity index (χ4n) is 1.84. The summed E-state index contributed by atoms with van der Waals surface area (Å²) in [5.41, 5.74) is 0.934. The SMILES string of the molecule is Cc1nsc2[nH]c(=O)c3ccccc3c12. The van der Waals surface area contributed by atoms with Gasteiger partial charge >= 0.3 is 0 Å².